The van der Waals surface area contributed by atoms with Gasteiger partial charge in [-0.05, 0) is 31.5 Å². The van der Waals surface area contributed by atoms with E-state index in [-0.39, 0.29) is 6.04 Å². The molecule has 1 aliphatic heterocycles. The number of benzene rings is 1. The Balaban J connectivity index is 1.62. The first-order chi connectivity index (χ1) is 13.7. The van der Waals surface area contributed by atoms with Gasteiger partial charge in [-0.15, -0.1) is 5.10 Å². The second-order valence-corrected chi connectivity index (χ2v) is 6.95. The van der Waals surface area contributed by atoms with E-state index in [2.05, 4.69) is 35.2 Å². The average Bonchev–Trinajstić information content (AvgIpc) is 3.09. The summed E-state index contributed by atoms with van der Waals surface area (Å²) in [6, 6.07) is 7.93. The minimum atomic E-state index is 0.126. The van der Waals surface area contributed by atoms with E-state index in [1.807, 2.05) is 35.3 Å². The molecular formula is C21H24N4O3. The molecular weight excluding hydrogens is 356 g/mol. The second kappa shape index (κ2) is 7.88. The molecule has 0 spiro atoms. The maximum Gasteiger partial charge on any atom is 0.164 e. The number of aromatic nitrogens is 4. The Morgan fingerprint density at radius 1 is 1.21 bits per heavy atom. The van der Waals surface area contributed by atoms with Crippen molar-refractivity contribution in [2.75, 3.05) is 20.3 Å². The molecule has 3 heterocycles. The summed E-state index contributed by atoms with van der Waals surface area (Å²) >= 11 is 0. The van der Waals surface area contributed by atoms with Crippen LogP contribution >= 0.6 is 0 Å². The quantitative estimate of drug-likeness (QED) is 0.673. The Labute approximate surface area is 164 Å². The summed E-state index contributed by atoms with van der Waals surface area (Å²) in [5.74, 6) is 2.09. The number of hydrogen-bond acceptors (Lipinski definition) is 6. The Kier molecular flexibility index (Phi) is 5.14. The van der Waals surface area contributed by atoms with Gasteiger partial charge in [0.05, 0.1) is 32.6 Å². The third-order valence-corrected chi connectivity index (χ3v) is 4.91. The molecule has 0 saturated heterocycles. The fourth-order valence-corrected chi connectivity index (χ4v) is 3.28. The summed E-state index contributed by atoms with van der Waals surface area (Å²) in [6.07, 6.45) is 5.40. The molecule has 0 N–H and O–H groups in total. The summed E-state index contributed by atoms with van der Waals surface area (Å²) in [5, 5.41) is 8.70. The van der Waals surface area contributed by atoms with Crippen LogP contribution in [0.25, 0.3) is 11.3 Å². The lowest BCUT2D eigenvalue weighted by molar-refractivity contribution is 0.296. The summed E-state index contributed by atoms with van der Waals surface area (Å²) in [6.45, 7) is 5.45. The zero-order valence-corrected chi connectivity index (χ0v) is 16.4. The van der Waals surface area contributed by atoms with Gasteiger partial charge in [0.2, 0.25) is 0 Å². The fraction of sp³-hybridized carbons (Fsp3) is 0.381. The van der Waals surface area contributed by atoms with Crippen molar-refractivity contribution in [1.29, 1.82) is 0 Å². The van der Waals surface area contributed by atoms with E-state index >= 15 is 0 Å². The molecule has 0 amide bonds. The predicted octanol–water partition coefficient (Wildman–Crippen LogP) is 3.62. The molecule has 0 aliphatic carbocycles. The molecule has 7 heteroatoms. The molecule has 146 valence electrons. The van der Waals surface area contributed by atoms with Gasteiger partial charge in [0, 0.05) is 36.4 Å². The Morgan fingerprint density at radius 3 is 2.75 bits per heavy atom. The largest absolute Gasteiger partial charge is 0.496 e. The van der Waals surface area contributed by atoms with E-state index in [0.29, 0.717) is 30.5 Å². The van der Waals surface area contributed by atoms with Gasteiger partial charge in [-0.3, -0.25) is 4.98 Å². The Morgan fingerprint density at radius 2 is 2.00 bits per heavy atom. The van der Waals surface area contributed by atoms with E-state index in [1.54, 1.807) is 7.11 Å². The van der Waals surface area contributed by atoms with Gasteiger partial charge in [0.25, 0.3) is 0 Å². The van der Waals surface area contributed by atoms with Crippen molar-refractivity contribution < 1.29 is 14.2 Å². The van der Waals surface area contributed by atoms with Crippen LogP contribution in [0, 0.1) is 6.92 Å². The van der Waals surface area contributed by atoms with Crippen molar-refractivity contribution in [2.24, 2.45) is 0 Å². The van der Waals surface area contributed by atoms with Crippen molar-refractivity contribution in [3.05, 3.63) is 47.9 Å². The van der Waals surface area contributed by atoms with Crippen LogP contribution in [0.15, 0.2) is 36.7 Å². The maximum atomic E-state index is 5.81. The van der Waals surface area contributed by atoms with Crippen LogP contribution in [0.4, 0.5) is 0 Å². The molecule has 0 saturated carbocycles. The van der Waals surface area contributed by atoms with Crippen molar-refractivity contribution in [3.63, 3.8) is 0 Å². The summed E-state index contributed by atoms with van der Waals surface area (Å²) in [5.41, 5.74) is 3.82. The van der Waals surface area contributed by atoms with Crippen LogP contribution in [0.2, 0.25) is 0 Å². The molecule has 0 fully saturated rings. The lowest BCUT2D eigenvalue weighted by Crippen LogP contribution is -2.10. The summed E-state index contributed by atoms with van der Waals surface area (Å²) in [7, 11) is 1.64. The van der Waals surface area contributed by atoms with Crippen LogP contribution in [0.3, 0.4) is 0 Å². The minimum absolute atomic E-state index is 0.126. The molecule has 1 aliphatic rings. The van der Waals surface area contributed by atoms with Gasteiger partial charge in [-0.25, -0.2) is 4.68 Å². The zero-order chi connectivity index (χ0) is 19.5. The van der Waals surface area contributed by atoms with Gasteiger partial charge >= 0.3 is 0 Å². The third kappa shape index (κ3) is 3.65. The fourth-order valence-electron chi connectivity index (χ4n) is 3.28. The number of fused-ring (bicyclic) bond motifs is 1. The topological polar surface area (TPSA) is 71.3 Å². The van der Waals surface area contributed by atoms with E-state index in [1.165, 1.54) is 5.56 Å². The van der Waals surface area contributed by atoms with E-state index in [9.17, 15) is 0 Å². The number of methoxy groups -OCH3 is 1. The van der Waals surface area contributed by atoms with Crippen molar-refractivity contribution in [2.45, 2.75) is 32.7 Å². The molecule has 3 aromatic rings. The maximum absolute atomic E-state index is 5.81. The third-order valence-electron chi connectivity index (χ3n) is 4.91. The number of hydrogen-bond donors (Lipinski definition) is 0. The van der Waals surface area contributed by atoms with E-state index in [4.69, 9.17) is 14.2 Å². The Bertz CT molecular complexity index is 970. The molecule has 7 nitrogen and oxygen atoms in total. The standard InChI is InChI=1S/C21H24N4O3/c1-14-6-4-7-22-17(14)10-15(2)25-13-18(23-24-25)16-11-20-21(12-19(16)26-3)28-9-5-8-27-20/h4,6-7,11-13,15H,5,8-10H2,1-3H3/t15-/m1/s1. The van der Waals surface area contributed by atoms with Crippen LogP contribution in [-0.2, 0) is 6.42 Å². The van der Waals surface area contributed by atoms with Gasteiger partial charge in [0.1, 0.15) is 11.4 Å². The van der Waals surface area contributed by atoms with E-state index in [0.717, 1.165) is 29.8 Å². The molecule has 0 radical (unpaired) electrons. The van der Waals surface area contributed by atoms with Gasteiger partial charge in [0.15, 0.2) is 11.5 Å². The monoisotopic (exact) mass is 380 g/mol. The van der Waals surface area contributed by atoms with Crippen molar-refractivity contribution >= 4 is 0 Å². The lowest BCUT2D eigenvalue weighted by Gasteiger charge is -2.13. The number of ether oxygens (including phenoxy) is 3. The van der Waals surface area contributed by atoms with Gasteiger partial charge in [-0.1, -0.05) is 11.3 Å². The van der Waals surface area contributed by atoms with E-state index < -0.39 is 0 Å². The average molecular weight is 380 g/mol. The van der Waals surface area contributed by atoms with Crippen LogP contribution in [0.1, 0.15) is 30.6 Å². The highest BCUT2D eigenvalue weighted by atomic mass is 16.5. The van der Waals surface area contributed by atoms with Crippen molar-refractivity contribution in [3.8, 4) is 28.5 Å². The first-order valence-corrected chi connectivity index (χ1v) is 9.46. The SMILES string of the molecule is COc1cc2c(cc1-c1cn([C@H](C)Cc3ncccc3C)nn1)OCCCO2. The minimum Gasteiger partial charge on any atom is -0.496 e. The zero-order valence-electron chi connectivity index (χ0n) is 16.4. The molecule has 28 heavy (non-hydrogen) atoms. The molecule has 2 aromatic heterocycles. The van der Waals surface area contributed by atoms with Gasteiger partial charge < -0.3 is 14.2 Å². The first kappa shape index (κ1) is 18.3. The van der Waals surface area contributed by atoms with Crippen LogP contribution in [-0.4, -0.2) is 40.3 Å². The van der Waals surface area contributed by atoms with Gasteiger partial charge in [-0.2, -0.15) is 0 Å². The number of pyridine rings is 1. The van der Waals surface area contributed by atoms with Crippen LogP contribution in [0.5, 0.6) is 17.2 Å². The summed E-state index contributed by atoms with van der Waals surface area (Å²) in [4.78, 5) is 4.48. The molecule has 0 bridgehead atoms. The highest BCUT2D eigenvalue weighted by molar-refractivity contribution is 5.71. The second-order valence-electron chi connectivity index (χ2n) is 6.95. The molecule has 4 rings (SSSR count). The summed E-state index contributed by atoms with van der Waals surface area (Å²) < 4.78 is 19.0. The normalized spacial score (nSPS) is 14.4. The highest BCUT2D eigenvalue weighted by Gasteiger charge is 2.19. The molecule has 1 aromatic carbocycles. The number of nitrogens with zero attached hydrogens (tertiary/aromatic N) is 4. The smallest absolute Gasteiger partial charge is 0.164 e. The van der Waals surface area contributed by atoms with Crippen LogP contribution < -0.4 is 14.2 Å². The number of aryl methyl sites for hydroxylation is 1. The predicted molar refractivity (Wildman–Crippen MR) is 105 cm³/mol. The Hall–Kier alpha value is -3.09. The first-order valence-electron chi connectivity index (χ1n) is 9.46. The molecule has 1 atom stereocenters. The number of rotatable bonds is 5. The molecule has 0 unspecified atom stereocenters. The lowest BCUT2D eigenvalue weighted by atomic mass is 10.1. The highest BCUT2D eigenvalue weighted by Crippen LogP contribution is 2.40. The van der Waals surface area contributed by atoms with Crippen molar-refractivity contribution in [1.82, 2.24) is 20.0 Å².